The summed E-state index contributed by atoms with van der Waals surface area (Å²) in [5, 5.41) is 0. The van der Waals surface area contributed by atoms with Crippen LogP contribution in [0.1, 0.15) is 24.4 Å². The van der Waals surface area contributed by atoms with Gasteiger partial charge < -0.3 is 5.73 Å². The molecule has 3 rings (SSSR count). The van der Waals surface area contributed by atoms with E-state index in [0.29, 0.717) is 0 Å². The van der Waals surface area contributed by atoms with Crippen molar-refractivity contribution in [2.75, 3.05) is 0 Å². The topological polar surface area (TPSA) is 64.7 Å². The fraction of sp³-hybridized carbons (Fsp3) is 0.308. The highest BCUT2D eigenvalue weighted by Crippen LogP contribution is 2.40. The minimum absolute atomic E-state index is 0.260. The first-order chi connectivity index (χ1) is 8.17. The van der Waals surface area contributed by atoms with Gasteiger partial charge in [-0.05, 0) is 25.8 Å². The van der Waals surface area contributed by atoms with Crippen molar-refractivity contribution < 1.29 is 0 Å². The van der Waals surface area contributed by atoms with Gasteiger partial charge in [0.15, 0.2) is 0 Å². The molecule has 17 heavy (non-hydrogen) atoms. The molecule has 0 saturated heterocycles. The largest absolute Gasteiger partial charge is 0.319 e. The zero-order valence-corrected chi connectivity index (χ0v) is 9.72. The van der Waals surface area contributed by atoms with Gasteiger partial charge in [0, 0.05) is 35.4 Å². The number of nitrogens with two attached hydrogens (primary N) is 1. The van der Waals surface area contributed by atoms with Gasteiger partial charge in [-0.15, -0.1) is 0 Å². The Labute approximate surface area is 99.9 Å². The third kappa shape index (κ3) is 1.91. The van der Waals surface area contributed by atoms with Gasteiger partial charge in [0.05, 0.1) is 5.54 Å². The van der Waals surface area contributed by atoms with Crippen LogP contribution in [0, 0.1) is 6.92 Å². The molecule has 4 heteroatoms. The molecule has 0 unspecified atom stereocenters. The highest BCUT2D eigenvalue weighted by Gasteiger charge is 2.42. The van der Waals surface area contributed by atoms with E-state index in [1.165, 1.54) is 0 Å². The number of hydrogen-bond acceptors (Lipinski definition) is 4. The number of aromatic nitrogens is 3. The fourth-order valence-electron chi connectivity index (χ4n) is 1.73. The second kappa shape index (κ2) is 3.60. The second-order valence-corrected chi connectivity index (χ2v) is 4.64. The van der Waals surface area contributed by atoms with E-state index in [1.807, 2.05) is 37.6 Å². The lowest BCUT2D eigenvalue weighted by molar-refractivity contribution is 0.672. The van der Waals surface area contributed by atoms with Crippen molar-refractivity contribution in [3.63, 3.8) is 0 Å². The quantitative estimate of drug-likeness (QED) is 0.848. The number of nitrogens with zero attached hydrogens (tertiary/aromatic N) is 3. The minimum Gasteiger partial charge on any atom is -0.319 e. The highest BCUT2D eigenvalue weighted by molar-refractivity contribution is 5.60. The summed E-state index contributed by atoms with van der Waals surface area (Å²) < 4.78 is 0. The van der Waals surface area contributed by atoms with Crippen molar-refractivity contribution in [3.05, 3.63) is 42.2 Å². The van der Waals surface area contributed by atoms with Crippen LogP contribution in [0.15, 0.2) is 30.7 Å². The van der Waals surface area contributed by atoms with Crippen LogP contribution in [0.3, 0.4) is 0 Å². The normalized spacial score (nSPS) is 16.8. The molecule has 1 aliphatic rings. The molecule has 1 saturated carbocycles. The summed E-state index contributed by atoms with van der Waals surface area (Å²) >= 11 is 0. The molecule has 0 spiro atoms. The molecule has 0 radical (unpaired) electrons. The number of pyridine rings is 1. The van der Waals surface area contributed by atoms with Crippen LogP contribution in [0.25, 0.3) is 11.1 Å². The lowest BCUT2D eigenvalue weighted by Crippen LogP contribution is -2.21. The maximum atomic E-state index is 6.04. The summed E-state index contributed by atoms with van der Waals surface area (Å²) in [6.45, 7) is 1.97. The van der Waals surface area contributed by atoms with Crippen LogP contribution >= 0.6 is 0 Å². The minimum atomic E-state index is -0.260. The van der Waals surface area contributed by atoms with E-state index < -0.39 is 0 Å². The lowest BCUT2D eigenvalue weighted by Gasteiger charge is -2.07. The molecule has 0 bridgehead atoms. The van der Waals surface area contributed by atoms with E-state index in [9.17, 15) is 0 Å². The molecule has 0 aromatic carbocycles. The number of aryl methyl sites for hydroxylation is 1. The van der Waals surface area contributed by atoms with Gasteiger partial charge in [-0.25, -0.2) is 9.97 Å². The van der Waals surface area contributed by atoms with Gasteiger partial charge >= 0.3 is 0 Å². The van der Waals surface area contributed by atoms with Gasteiger partial charge in [-0.2, -0.15) is 0 Å². The summed E-state index contributed by atoms with van der Waals surface area (Å²) in [6.07, 6.45) is 7.45. The lowest BCUT2D eigenvalue weighted by atomic mass is 10.1. The maximum Gasteiger partial charge on any atom is 0.148 e. The molecular formula is C13H14N4. The molecule has 2 aromatic heterocycles. The van der Waals surface area contributed by atoms with Crippen LogP contribution in [-0.2, 0) is 5.54 Å². The molecule has 0 amide bonds. The van der Waals surface area contributed by atoms with Crippen molar-refractivity contribution in [2.45, 2.75) is 25.3 Å². The van der Waals surface area contributed by atoms with E-state index in [-0.39, 0.29) is 5.54 Å². The fourth-order valence-corrected chi connectivity index (χ4v) is 1.73. The van der Waals surface area contributed by atoms with Crippen LogP contribution in [0.4, 0.5) is 0 Å². The van der Waals surface area contributed by atoms with E-state index in [4.69, 9.17) is 5.73 Å². The standard InChI is InChI=1S/C13H14N4/c1-9-2-3-10(6-15-9)11-7-16-12(17-8-11)13(14)4-5-13/h2-3,6-8H,4-5,14H2,1H3. The van der Waals surface area contributed by atoms with Crippen molar-refractivity contribution in [2.24, 2.45) is 5.73 Å². The van der Waals surface area contributed by atoms with Gasteiger partial charge in [0.1, 0.15) is 5.82 Å². The summed E-state index contributed by atoms with van der Waals surface area (Å²) in [6, 6.07) is 4.00. The first-order valence-electron chi connectivity index (χ1n) is 5.72. The van der Waals surface area contributed by atoms with E-state index in [1.54, 1.807) is 0 Å². The van der Waals surface area contributed by atoms with Crippen molar-refractivity contribution in [1.82, 2.24) is 15.0 Å². The monoisotopic (exact) mass is 226 g/mol. The Morgan fingerprint density at radius 2 is 1.65 bits per heavy atom. The average Bonchev–Trinajstić information content (AvgIpc) is 3.10. The molecular weight excluding hydrogens is 212 g/mol. The Morgan fingerprint density at radius 3 is 2.18 bits per heavy atom. The van der Waals surface area contributed by atoms with Crippen LogP contribution in [0.2, 0.25) is 0 Å². The highest BCUT2D eigenvalue weighted by atomic mass is 15.0. The predicted molar refractivity (Wildman–Crippen MR) is 65.1 cm³/mol. The van der Waals surface area contributed by atoms with Crippen LogP contribution in [0.5, 0.6) is 0 Å². The molecule has 0 aliphatic heterocycles. The number of hydrogen-bond donors (Lipinski definition) is 1. The molecule has 1 fully saturated rings. The molecule has 0 atom stereocenters. The van der Waals surface area contributed by atoms with Crippen molar-refractivity contribution >= 4 is 0 Å². The summed E-state index contributed by atoms with van der Waals surface area (Å²) in [4.78, 5) is 13.0. The Balaban J connectivity index is 1.91. The first kappa shape index (κ1) is 10.4. The second-order valence-electron chi connectivity index (χ2n) is 4.64. The third-order valence-corrected chi connectivity index (χ3v) is 3.13. The Morgan fingerprint density at radius 1 is 1.00 bits per heavy atom. The van der Waals surface area contributed by atoms with E-state index in [2.05, 4.69) is 15.0 Å². The zero-order chi connectivity index (χ0) is 11.9. The van der Waals surface area contributed by atoms with Gasteiger partial charge in [0.2, 0.25) is 0 Å². The van der Waals surface area contributed by atoms with Crippen molar-refractivity contribution in [1.29, 1.82) is 0 Å². The van der Waals surface area contributed by atoms with E-state index >= 15 is 0 Å². The van der Waals surface area contributed by atoms with Crippen LogP contribution < -0.4 is 5.73 Å². The van der Waals surface area contributed by atoms with Gasteiger partial charge in [-0.3, -0.25) is 4.98 Å². The van der Waals surface area contributed by atoms with Gasteiger partial charge in [0.25, 0.3) is 0 Å². The molecule has 2 aromatic rings. The Kier molecular flexibility index (Phi) is 2.19. The van der Waals surface area contributed by atoms with Crippen LogP contribution in [-0.4, -0.2) is 15.0 Å². The average molecular weight is 226 g/mol. The summed E-state index contributed by atoms with van der Waals surface area (Å²) in [5.74, 6) is 0.751. The first-order valence-corrected chi connectivity index (χ1v) is 5.72. The van der Waals surface area contributed by atoms with Gasteiger partial charge in [-0.1, -0.05) is 6.07 Å². The molecule has 2 N–H and O–H groups in total. The molecule has 4 nitrogen and oxygen atoms in total. The number of rotatable bonds is 2. The SMILES string of the molecule is Cc1ccc(-c2cnc(C3(N)CC3)nc2)cn1. The predicted octanol–water partition coefficient (Wildman–Crippen LogP) is 1.79. The maximum absolute atomic E-state index is 6.04. The van der Waals surface area contributed by atoms with E-state index in [0.717, 1.165) is 35.5 Å². The zero-order valence-electron chi connectivity index (χ0n) is 9.72. The Hall–Kier alpha value is -1.81. The molecule has 1 aliphatic carbocycles. The van der Waals surface area contributed by atoms with Crippen molar-refractivity contribution in [3.8, 4) is 11.1 Å². The molecule has 86 valence electrons. The third-order valence-electron chi connectivity index (χ3n) is 3.13. The Bertz CT molecular complexity index is 526. The molecule has 2 heterocycles. The summed E-state index contributed by atoms with van der Waals surface area (Å²) in [7, 11) is 0. The smallest absolute Gasteiger partial charge is 0.148 e. The summed E-state index contributed by atoms with van der Waals surface area (Å²) in [5.41, 5.74) is 8.79.